The van der Waals surface area contributed by atoms with Gasteiger partial charge >= 0.3 is 0 Å². The van der Waals surface area contributed by atoms with E-state index in [1.165, 1.54) is 6.92 Å². The predicted molar refractivity (Wildman–Crippen MR) is 65.8 cm³/mol. The van der Waals surface area contributed by atoms with Gasteiger partial charge in [-0.15, -0.1) is 0 Å². The Morgan fingerprint density at radius 3 is 2.69 bits per heavy atom. The Morgan fingerprint density at radius 2 is 2.00 bits per heavy atom. The normalized spacial score (nSPS) is 10.4. The Bertz CT molecular complexity index is 561. The van der Waals surface area contributed by atoms with E-state index in [4.69, 9.17) is 11.6 Å². The number of pyridine rings is 1. The van der Waals surface area contributed by atoms with Gasteiger partial charge in [-0.25, -0.2) is 0 Å². The summed E-state index contributed by atoms with van der Waals surface area (Å²) in [5.41, 5.74) is 2.19. The van der Waals surface area contributed by atoms with Crippen molar-refractivity contribution >= 4 is 34.1 Å². The van der Waals surface area contributed by atoms with Crippen LogP contribution >= 0.6 is 11.6 Å². The fourth-order valence-corrected chi connectivity index (χ4v) is 1.76. The van der Waals surface area contributed by atoms with E-state index in [1.54, 1.807) is 6.07 Å². The van der Waals surface area contributed by atoms with Crippen molar-refractivity contribution < 1.29 is 4.79 Å². The smallest absolute Gasteiger partial charge is 0.221 e. The number of amides is 1. The van der Waals surface area contributed by atoms with Crippen LogP contribution in [-0.2, 0) is 4.79 Å². The number of anilines is 1. The monoisotopic (exact) mass is 234 g/mol. The van der Waals surface area contributed by atoms with E-state index in [9.17, 15) is 4.79 Å². The van der Waals surface area contributed by atoms with Gasteiger partial charge in [-0.1, -0.05) is 23.7 Å². The zero-order valence-corrected chi connectivity index (χ0v) is 9.80. The first-order valence-electron chi connectivity index (χ1n) is 4.91. The van der Waals surface area contributed by atoms with Crippen LogP contribution in [0.2, 0.25) is 5.02 Å². The first kappa shape index (κ1) is 10.9. The van der Waals surface area contributed by atoms with Crippen LogP contribution in [0.15, 0.2) is 24.3 Å². The minimum atomic E-state index is -0.155. The molecular weight excluding hydrogens is 224 g/mol. The molecule has 4 heteroatoms. The SMILES string of the molecule is CC(=O)Nc1c(Cl)ccc2ccc(C)nc12. The summed E-state index contributed by atoms with van der Waals surface area (Å²) in [4.78, 5) is 15.5. The maximum absolute atomic E-state index is 11.1. The fraction of sp³-hybridized carbons (Fsp3) is 0.167. The highest BCUT2D eigenvalue weighted by atomic mass is 35.5. The van der Waals surface area contributed by atoms with Crippen LogP contribution in [0.5, 0.6) is 0 Å². The topological polar surface area (TPSA) is 42.0 Å². The van der Waals surface area contributed by atoms with Crippen molar-refractivity contribution in [3.63, 3.8) is 0 Å². The number of nitrogens with one attached hydrogen (secondary N) is 1. The molecule has 1 aromatic carbocycles. The molecular formula is C12H11ClN2O. The number of nitrogens with zero attached hydrogens (tertiary/aromatic N) is 1. The van der Waals surface area contributed by atoms with E-state index in [2.05, 4.69) is 10.3 Å². The molecule has 1 N–H and O–H groups in total. The molecule has 2 aromatic rings. The minimum absolute atomic E-state index is 0.155. The van der Waals surface area contributed by atoms with Gasteiger partial charge in [-0.2, -0.15) is 0 Å². The number of hydrogen-bond donors (Lipinski definition) is 1. The van der Waals surface area contributed by atoms with Gasteiger partial charge < -0.3 is 5.32 Å². The number of carbonyl (C=O) groups excluding carboxylic acids is 1. The Kier molecular flexibility index (Phi) is 2.79. The Hall–Kier alpha value is -1.61. The number of benzene rings is 1. The highest BCUT2D eigenvalue weighted by Crippen LogP contribution is 2.29. The minimum Gasteiger partial charge on any atom is -0.323 e. The summed E-state index contributed by atoms with van der Waals surface area (Å²) in [6.07, 6.45) is 0. The number of rotatable bonds is 1. The first-order valence-corrected chi connectivity index (χ1v) is 5.29. The number of halogens is 1. The average molecular weight is 235 g/mol. The van der Waals surface area contributed by atoms with Crippen LogP contribution in [0.25, 0.3) is 10.9 Å². The summed E-state index contributed by atoms with van der Waals surface area (Å²) >= 11 is 6.04. The molecule has 3 nitrogen and oxygen atoms in total. The molecule has 0 spiro atoms. The molecule has 0 aliphatic heterocycles. The van der Waals surface area contributed by atoms with Crippen LogP contribution < -0.4 is 5.32 Å². The molecule has 0 fully saturated rings. The molecule has 0 saturated carbocycles. The maximum Gasteiger partial charge on any atom is 0.221 e. The van der Waals surface area contributed by atoms with Crippen LogP contribution in [0, 0.1) is 6.92 Å². The van der Waals surface area contributed by atoms with E-state index in [0.29, 0.717) is 10.7 Å². The summed E-state index contributed by atoms with van der Waals surface area (Å²) in [7, 11) is 0. The molecule has 1 amide bonds. The Balaban J connectivity index is 2.72. The van der Waals surface area contributed by atoms with Gasteiger partial charge in [0, 0.05) is 18.0 Å². The lowest BCUT2D eigenvalue weighted by atomic mass is 10.1. The van der Waals surface area contributed by atoms with E-state index < -0.39 is 0 Å². The summed E-state index contributed by atoms with van der Waals surface area (Å²) in [6, 6.07) is 7.52. The van der Waals surface area contributed by atoms with Gasteiger partial charge in [-0.05, 0) is 19.1 Å². The Labute approximate surface area is 98.4 Å². The third-order valence-electron chi connectivity index (χ3n) is 2.25. The van der Waals surface area contributed by atoms with E-state index in [0.717, 1.165) is 16.6 Å². The third-order valence-corrected chi connectivity index (χ3v) is 2.57. The molecule has 82 valence electrons. The van der Waals surface area contributed by atoms with Crippen molar-refractivity contribution in [3.8, 4) is 0 Å². The highest BCUT2D eigenvalue weighted by Gasteiger charge is 2.08. The zero-order chi connectivity index (χ0) is 11.7. The quantitative estimate of drug-likeness (QED) is 0.824. The lowest BCUT2D eigenvalue weighted by Gasteiger charge is -2.08. The van der Waals surface area contributed by atoms with Gasteiger partial charge in [0.1, 0.15) is 0 Å². The predicted octanol–water partition coefficient (Wildman–Crippen LogP) is 3.16. The lowest BCUT2D eigenvalue weighted by Crippen LogP contribution is -2.07. The van der Waals surface area contributed by atoms with Gasteiger partial charge in [-0.3, -0.25) is 9.78 Å². The molecule has 0 unspecified atom stereocenters. The van der Waals surface area contributed by atoms with Crippen molar-refractivity contribution in [1.82, 2.24) is 4.98 Å². The second-order valence-electron chi connectivity index (χ2n) is 3.63. The van der Waals surface area contributed by atoms with Gasteiger partial charge in [0.15, 0.2) is 0 Å². The van der Waals surface area contributed by atoms with E-state index in [1.807, 2.05) is 25.1 Å². The van der Waals surface area contributed by atoms with Crippen LogP contribution in [-0.4, -0.2) is 10.9 Å². The summed E-state index contributed by atoms with van der Waals surface area (Å²) < 4.78 is 0. The number of aryl methyl sites for hydroxylation is 1. The number of carbonyl (C=O) groups is 1. The molecule has 16 heavy (non-hydrogen) atoms. The Morgan fingerprint density at radius 1 is 1.31 bits per heavy atom. The zero-order valence-electron chi connectivity index (χ0n) is 9.04. The van der Waals surface area contributed by atoms with Gasteiger partial charge in [0.05, 0.1) is 16.2 Å². The highest BCUT2D eigenvalue weighted by molar-refractivity contribution is 6.35. The second kappa shape index (κ2) is 4.10. The number of aromatic nitrogens is 1. The van der Waals surface area contributed by atoms with Crippen molar-refractivity contribution in [2.75, 3.05) is 5.32 Å². The molecule has 0 aliphatic carbocycles. The number of fused-ring (bicyclic) bond motifs is 1. The first-order chi connectivity index (χ1) is 7.58. The van der Waals surface area contributed by atoms with Crippen molar-refractivity contribution in [2.24, 2.45) is 0 Å². The third kappa shape index (κ3) is 1.99. The summed E-state index contributed by atoms with van der Waals surface area (Å²) in [5, 5.41) is 4.17. The largest absolute Gasteiger partial charge is 0.323 e. The molecule has 2 rings (SSSR count). The molecule has 1 heterocycles. The van der Waals surface area contributed by atoms with Crippen LogP contribution in [0.3, 0.4) is 0 Å². The van der Waals surface area contributed by atoms with Crippen molar-refractivity contribution in [1.29, 1.82) is 0 Å². The second-order valence-corrected chi connectivity index (χ2v) is 4.04. The van der Waals surface area contributed by atoms with Crippen molar-refractivity contribution in [3.05, 3.63) is 35.0 Å². The molecule has 0 bridgehead atoms. The van der Waals surface area contributed by atoms with E-state index in [-0.39, 0.29) is 5.91 Å². The molecule has 0 atom stereocenters. The molecule has 0 saturated heterocycles. The number of hydrogen-bond acceptors (Lipinski definition) is 2. The average Bonchev–Trinajstić information content (AvgIpc) is 2.22. The fourth-order valence-electron chi connectivity index (χ4n) is 1.56. The summed E-state index contributed by atoms with van der Waals surface area (Å²) in [6.45, 7) is 3.35. The molecule has 1 aromatic heterocycles. The standard InChI is InChI=1S/C12H11ClN2O/c1-7-3-4-9-5-6-10(13)12(11(9)14-7)15-8(2)16/h3-6H,1-2H3,(H,15,16). The van der Waals surface area contributed by atoms with Crippen LogP contribution in [0.1, 0.15) is 12.6 Å². The van der Waals surface area contributed by atoms with E-state index >= 15 is 0 Å². The van der Waals surface area contributed by atoms with Crippen LogP contribution in [0.4, 0.5) is 5.69 Å². The summed E-state index contributed by atoms with van der Waals surface area (Å²) in [5.74, 6) is -0.155. The maximum atomic E-state index is 11.1. The lowest BCUT2D eigenvalue weighted by molar-refractivity contribution is -0.114. The van der Waals surface area contributed by atoms with Crippen molar-refractivity contribution in [2.45, 2.75) is 13.8 Å². The van der Waals surface area contributed by atoms with Gasteiger partial charge in [0.2, 0.25) is 5.91 Å². The van der Waals surface area contributed by atoms with Gasteiger partial charge in [0.25, 0.3) is 0 Å². The molecule has 0 radical (unpaired) electrons. The molecule has 0 aliphatic rings.